The van der Waals surface area contributed by atoms with Crippen LogP contribution in [-0.4, -0.2) is 6.54 Å². The van der Waals surface area contributed by atoms with Crippen LogP contribution in [0.15, 0.2) is 42.5 Å². The summed E-state index contributed by atoms with van der Waals surface area (Å²) in [6.07, 6.45) is 0. The predicted octanol–water partition coefficient (Wildman–Crippen LogP) is 4.63. The molecule has 0 aliphatic rings. The molecule has 0 saturated carbocycles. The van der Waals surface area contributed by atoms with Crippen molar-refractivity contribution in [3.05, 3.63) is 62.2 Å². The highest BCUT2D eigenvalue weighted by atomic mass is 127. The molecule has 0 aromatic heterocycles. The molecule has 106 valence electrons. The monoisotopic (exact) mass is 401 g/mol. The number of rotatable bonds is 6. The molecule has 0 atom stereocenters. The van der Waals surface area contributed by atoms with E-state index in [4.69, 9.17) is 16.3 Å². The fourth-order valence-corrected chi connectivity index (χ4v) is 2.38. The van der Waals surface area contributed by atoms with Crippen LogP contribution < -0.4 is 10.1 Å². The molecule has 0 unspecified atom stereocenters. The third kappa shape index (κ3) is 4.65. The fourth-order valence-electron chi connectivity index (χ4n) is 1.83. The topological polar surface area (TPSA) is 21.3 Å². The van der Waals surface area contributed by atoms with Crippen LogP contribution in [0.5, 0.6) is 5.75 Å². The molecule has 0 saturated heterocycles. The van der Waals surface area contributed by atoms with Gasteiger partial charge in [-0.15, -0.1) is 0 Å². The van der Waals surface area contributed by atoms with Gasteiger partial charge < -0.3 is 10.1 Å². The van der Waals surface area contributed by atoms with Crippen LogP contribution in [0, 0.1) is 3.57 Å². The number of nitrogens with one attached hydrogen (secondary N) is 1. The van der Waals surface area contributed by atoms with Gasteiger partial charge in [0, 0.05) is 20.7 Å². The lowest BCUT2D eigenvalue weighted by atomic mass is 10.2. The van der Waals surface area contributed by atoms with E-state index in [2.05, 4.69) is 59.1 Å². The minimum atomic E-state index is 0.567. The second kappa shape index (κ2) is 7.86. The summed E-state index contributed by atoms with van der Waals surface area (Å²) in [6, 6.07) is 14.1. The first-order valence-corrected chi connectivity index (χ1v) is 8.01. The fraction of sp³-hybridized carbons (Fsp3) is 0.250. The van der Waals surface area contributed by atoms with E-state index < -0.39 is 0 Å². The van der Waals surface area contributed by atoms with Crippen molar-refractivity contribution in [3.8, 4) is 5.75 Å². The normalized spacial score (nSPS) is 10.6. The molecular weight excluding hydrogens is 385 g/mol. The highest BCUT2D eigenvalue weighted by Gasteiger charge is 2.05. The maximum atomic E-state index is 6.05. The van der Waals surface area contributed by atoms with Crippen LogP contribution in [0.4, 0.5) is 0 Å². The van der Waals surface area contributed by atoms with E-state index >= 15 is 0 Å². The maximum Gasteiger partial charge on any atom is 0.124 e. The zero-order chi connectivity index (χ0) is 14.4. The van der Waals surface area contributed by atoms with Crippen LogP contribution in [0.2, 0.25) is 5.02 Å². The van der Waals surface area contributed by atoms with Gasteiger partial charge in [0.15, 0.2) is 0 Å². The Morgan fingerprint density at radius 3 is 2.60 bits per heavy atom. The molecule has 20 heavy (non-hydrogen) atoms. The highest BCUT2D eigenvalue weighted by molar-refractivity contribution is 14.1. The van der Waals surface area contributed by atoms with E-state index in [0.717, 1.165) is 35.0 Å². The summed E-state index contributed by atoms with van der Waals surface area (Å²) in [5, 5.41) is 4.03. The number of halogens is 2. The number of benzene rings is 2. The van der Waals surface area contributed by atoms with Crippen molar-refractivity contribution in [3.63, 3.8) is 0 Å². The molecule has 1 N–H and O–H groups in total. The van der Waals surface area contributed by atoms with E-state index in [0.29, 0.717) is 6.61 Å². The van der Waals surface area contributed by atoms with E-state index in [1.165, 1.54) is 3.57 Å². The van der Waals surface area contributed by atoms with Crippen molar-refractivity contribution in [2.45, 2.75) is 20.1 Å². The van der Waals surface area contributed by atoms with Gasteiger partial charge >= 0.3 is 0 Å². The predicted molar refractivity (Wildman–Crippen MR) is 92.3 cm³/mol. The molecular formula is C16H17ClINO. The average molecular weight is 402 g/mol. The van der Waals surface area contributed by atoms with Crippen molar-refractivity contribution in [1.82, 2.24) is 5.32 Å². The van der Waals surface area contributed by atoms with Gasteiger partial charge in [-0.25, -0.2) is 0 Å². The highest BCUT2D eigenvalue weighted by Crippen LogP contribution is 2.24. The summed E-state index contributed by atoms with van der Waals surface area (Å²) < 4.78 is 7.14. The SMILES string of the molecule is CCNCc1cc(Cl)ccc1OCc1ccc(I)cc1. The molecule has 0 spiro atoms. The molecule has 2 aromatic carbocycles. The van der Waals surface area contributed by atoms with E-state index in [1.807, 2.05) is 18.2 Å². The minimum Gasteiger partial charge on any atom is -0.489 e. The third-order valence-corrected chi connectivity index (χ3v) is 3.85. The Balaban J connectivity index is 2.06. The summed E-state index contributed by atoms with van der Waals surface area (Å²) in [7, 11) is 0. The molecule has 4 heteroatoms. The van der Waals surface area contributed by atoms with Crippen molar-refractivity contribution in [2.24, 2.45) is 0 Å². The van der Waals surface area contributed by atoms with Crippen LogP contribution in [0.3, 0.4) is 0 Å². The smallest absolute Gasteiger partial charge is 0.124 e. The molecule has 2 aromatic rings. The zero-order valence-electron chi connectivity index (χ0n) is 11.3. The molecule has 0 aliphatic heterocycles. The molecule has 0 aliphatic carbocycles. The molecule has 0 fully saturated rings. The molecule has 0 bridgehead atoms. The van der Waals surface area contributed by atoms with Crippen molar-refractivity contribution >= 4 is 34.2 Å². The second-order valence-corrected chi connectivity index (χ2v) is 6.13. The number of hydrogen-bond acceptors (Lipinski definition) is 2. The Kier molecular flexibility index (Phi) is 6.13. The standard InChI is InChI=1S/C16H17ClINO/c1-2-19-10-13-9-14(17)5-8-16(13)20-11-12-3-6-15(18)7-4-12/h3-9,19H,2,10-11H2,1H3. The number of hydrogen-bond donors (Lipinski definition) is 1. The quantitative estimate of drug-likeness (QED) is 0.713. The van der Waals surface area contributed by atoms with E-state index in [9.17, 15) is 0 Å². The van der Waals surface area contributed by atoms with Crippen LogP contribution in [0.25, 0.3) is 0 Å². The Bertz CT molecular complexity index is 557. The summed E-state index contributed by atoms with van der Waals surface area (Å²) >= 11 is 8.34. The largest absolute Gasteiger partial charge is 0.489 e. The molecule has 2 rings (SSSR count). The van der Waals surface area contributed by atoms with Crippen LogP contribution >= 0.6 is 34.2 Å². The van der Waals surface area contributed by atoms with Crippen molar-refractivity contribution in [1.29, 1.82) is 0 Å². The van der Waals surface area contributed by atoms with E-state index in [-0.39, 0.29) is 0 Å². The first-order valence-electron chi connectivity index (χ1n) is 6.55. The molecule has 0 radical (unpaired) electrons. The van der Waals surface area contributed by atoms with Gasteiger partial charge in [0.25, 0.3) is 0 Å². The lowest BCUT2D eigenvalue weighted by Crippen LogP contribution is -2.13. The van der Waals surface area contributed by atoms with Crippen LogP contribution in [0.1, 0.15) is 18.1 Å². The Labute approximate surface area is 138 Å². The van der Waals surface area contributed by atoms with Gasteiger partial charge in [-0.05, 0) is 65.0 Å². The Morgan fingerprint density at radius 1 is 1.15 bits per heavy atom. The lowest BCUT2D eigenvalue weighted by Gasteiger charge is -2.12. The Hall–Kier alpha value is -0.780. The van der Waals surface area contributed by atoms with Gasteiger partial charge in [-0.2, -0.15) is 0 Å². The van der Waals surface area contributed by atoms with Gasteiger partial charge in [-0.1, -0.05) is 30.7 Å². The first-order chi connectivity index (χ1) is 9.69. The number of ether oxygens (including phenoxy) is 1. The summed E-state index contributed by atoms with van der Waals surface area (Å²) in [4.78, 5) is 0. The van der Waals surface area contributed by atoms with Crippen LogP contribution in [-0.2, 0) is 13.2 Å². The second-order valence-electron chi connectivity index (χ2n) is 4.45. The van der Waals surface area contributed by atoms with Crippen molar-refractivity contribution in [2.75, 3.05) is 6.54 Å². The molecule has 0 amide bonds. The van der Waals surface area contributed by atoms with Gasteiger partial charge in [0.05, 0.1) is 0 Å². The first kappa shape index (κ1) is 15.6. The van der Waals surface area contributed by atoms with E-state index in [1.54, 1.807) is 0 Å². The van der Waals surface area contributed by atoms with Crippen molar-refractivity contribution < 1.29 is 4.74 Å². The Morgan fingerprint density at radius 2 is 1.90 bits per heavy atom. The summed E-state index contributed by atoms with van der Waals surface area (Å²) in [6.45, 7) is 4.33. The average Bonchev–Trinajstić information content (AvgIpc) is 2.46. The lowest BCUT2D eigenvalue weighted by molar-refractivity contribution is 0.302. The minimum absolute atomic E-state index is 0.567. The zero-order valence-corrected chi connectivity index (χ0v) is 14.2. The van der Waals surface area contributed by atoms with Gasteiger partial charge in [-0.3, -0.25) is 0 Å². The summed E-state index contributed by atoms with van der Waals surface area (Å²) in [5.74, 6) is 0.883. The molecule has 2 nitrogen and oxygen atoms in total. The van der Waals surface area contributed by atoms with Gasteiger partial charge in [0.1, 0.15) is 12.4 Å². The summed E-state index contributed by atoms with van der Waals surface area (Å²) in [5.41, 5.74) is 2.25. The maximum absolute atomic E-state index is 6.05. The van der Waals surface area contributed by atoms with Gasteiger partial charge in [0.2, 0.25) is 0 Å². The molecule has 0 heterocycles. The third-order valence-electron chi connectivity index (χ3n) is 2.90.